The fourth-order valence-electron chi connectivity index (χ4n) is 2.21. The molecule has 3 rings (SSSR count). The number of rotatable bonds is 2. The molecule has 0 aliphatic carbocycles. The minimum Gasteiger partial charge on any atom is -0.397 e. The van der Waals surface area contributed by atoms with E-state index in [2.05, 4.69) is 29.6 Å². The van der Waals surface area contributed by atoms with Crippen molar-refractivity contribution in [2.45, 2.75) is 0 Å². The van der Waals surface area contributed by atoms with Crippen LogP contribution in [0, 0.1) is 0 Å². The second-order valence-corrected chi connectivity index (χ2v) is 4.64. The van der Waals surface area contributed by atoms with Crippen molar-refractivity contribution >= 4 is 5.70 Å². The summed E-state index contributed by atoms with van der Waals surface area (Å²) >= 11 is 0. The zero-order valence-electron chi connectivity index (χ0n) is 11.1. The number of benzene rings is 2. The van der Waals surface area contributed by atoms with Gasteiger partial charge >= 0.3 is 0 Å². The molecule has 2 aromatic carbocycles. The average molecular weight is 260 g/mol. The van der Waals surface area contributed by atoms with Crippen molar-refractivity contribution in [3.8, 4) is 11.1 Å². The quantitative estimate of drug-likeness (QED) is 0.865. The summed E-state index contributed by atoms with van der Waals surface area (Å²) in [5, 5.41) is 3.16. The molecule has 3 N–H and O–H groups in total. The fourth-order valence-corrected chi connectivity index (χ4v) is 2.21. The van der Waals surface area contributed by atoms with Gasteiger partial charge in [0.05, 0.1) is 11.4 Å². The zero-order valence-corrected chi connectivity index (χ0v) is 11.1. The Morgan fingerprint density at radius 3 is 2.40 bits per heavy atom. The summed E-state index contributed by atoms with van der Waals surface area (Å²) in [6.07, 6.45) is 7.77. The topological polar surface area (TPSA) is 38.0 Å². The summed E-state index contributed by atoms with van der Waals surface area (Å²) in [4.78, 5) is 0. The zero-order chi connectivity index (χ0) is 13.8. The van der Waals surface area contributed by atoms with Gasteiger partial charge in [0.15, 0.2) is 0 Å². The molecule has 1 heterocycles. The van der Waals surface area contributed by atoms with E-state index >= 15 is 0 Å². The van der Waals surface area contributed by atoms with Gasteiger partial charge in [-0.1, -0.05) is 54.6 Å². The van der Waals surface area contributed by atoms with Crippen molar-refractivity contribution in [1.82, 2.24) is 5.32 Å². The first-order chi connectivity index (χ1) is 9.84. The average Bonchev–Trinajstić information content (AvgIpc) is 2.56. The summed E-state index contributed by atoms with van der Waals surface area (Å²) in [6, 6.07) is 18.6. The van der Waals surface area contributed by atoms with Crippen LogP contribution in [0.15, 0.2) is 84.7 Å². The van der Waals surface area contributed by atoms with Crippen LogP contribution in [-0.4, -0.2) is 0 Å². The fraction of sp³-hybridized carbons (Fsp3) is 0. The van der Waals surface area contributed by atoms with Crippen LogP contribution in [0.2, 0.25) is 0 Å². The van der Waals surface area contributed by atoms with Crippen LogP contribution >= 0.6 is 0 Å². The minimum atomic E-state index is 0.753. The maximum Gasteiger partial charge on any atom is 0.0627 e. The van der Waals surface area contributed by atoms with Crippen molar-refractivity contribution in [1.29, 1.82) is 0 Å². The van der Waals surface area contributed by atoms with E-state index in [1.807, 2.05) is 54.8 Å². The number of hydrogen-bond acceptors (Lipinski definition) is 2. The number of nitrogens with two attached hydrogens (primary N) is 1. The minimum absolute atomic E-state index is 0.753. The molecule has 0 amide bonds. The Morgan fingerprint density at radius 2 is 1.65 bits per heavy atom. The highest BCUT2D eigenvalue weighted by Gasteiger charge is 2.05. The maximum absolute atomic E-state index is 6.25. The molecule has 0 aromatic heterocycles. The van der Waals surface area contributed by atoms with E-state index in [4.69, 9.17) is 5.73 Å². The molecule has 2 heteroatoms. The molecule has 20 heavy (non-hydrogen) atoms. The summed E-state index contributed by atoms with van der Waals surface area (Å²) in [5.41, 5.74) is 11.3. The summed E-state index contributed by atoms with van der Waals surface area (Å²) in [6.45, 7) is 0. The predicted octanol–water partition coefficient (Wildman–Crippen LogP) is 3.65. The molecule has 0 saturated carbocycles. The second kappa shape index (κ2) is 5.49. The van der Waals surface area contributed by atoms with Gasteiger partial charge in [-0.25, -0.2) is 0 Å². The Hall–Kier alpha value is -2.74. The van der Waals surface area contributed by atoms with Crippen LogP contribution < -0.4 is 11.1 Å². The van der Waals surface area contributed by atoms with E-state index in [0.717, 1.165) is 17.0 Å². The smallest absolute Gasteiger partial charge is 0.0627 e. The molecule has 0 atom stereocenters. The first kappa shape index (κ1) is 12.3. The lowest BCUT2D eigenvalue weighted by Crippen LogP contribution is -2.12. The highest BCUT2D eigenvalue weighted by molar-refractivity contribution is 5.74. The molecule has 0 radical (unpaired) electrons. The van der Waals surface area contributed by atoms with E-state index in [-0.39, 0.29) is 0 Å². The summed E-state index contributed by atoms with van der Waals surface area (Å²) in [7, 11) is 0. The molecule has 0 bridgehead atoms. The standard InChI is InChI=1S/C18H16N2/c19-18(17-11-4-5-12-20-17)16-10-6-9-15(13-16)14-7-2-1-3-8-14/h1-13,20H,19H2/b18-17-. The normalized spacial score (nSPS) is 15.8. The Labute approximate surface area is 118 Å². The van der Waals surface area contributed by atoms with Gasteiger partial charge in [-0.05, 0) is 29.3 Å². The molecule has 1 aliphatic heterocycles. The van der Waals surface area contributed by atoms with Crippen LogP contribution in [0.4, 0.5) is 0 Å². The largest absolute Gasteiger partial charge is 0.397 e. The number of allylic oxidation sites excluding steroid dienone is 3. The van der Waals surface area contributed by atoms with Gasteiger partial charge < -0.3 is 11.1 Å². The van der Waals surface area contributed by atoms with E-state index in [1.54, 1.807) is 0 Å². The molecule has 0 unspecified atom stereocenters. The third kappa shape index (κ3) is 2.50. The van der Waals surface area contributed by atoms with Gasteiger partial charge in [-0.2, -0.15) is 0 Å². The third-order valence-corrected chi connectivity index (χ3v) is 3.28. The molecule has 2 nitrogen and oxygen atoms in total. The first-order valence-electron chi connectivity index (χ1n) is 6.60. The highest BCUT2D eigenvalue weighted by Crippen LogP contribution is 2.23. The predicted molar refractivity (Wildman–Crippen MR) is 84.4 cm³/mol. The van der Waals surface area contributed by atoms with Crippen LogP contribution in [0.25, 0.3) is 16.8 Å². The Kier molecular flexibility index (Phi) is 3.38. The SMILES string of the molecule is N/C(=C1/C=CC=CN1)c1cccc(-c2ccccc2)c1. The van der Waals surface area contributed by atoms with Crippen molar-refractivity contribution in [3.05, 3.63) is 90.3 Å². The van der Waals surface area contributed by atoms with Gasteiger partial charge in [0.1, 0.15) is 0 Å². The van der Waals surface area contributed by atoms with Gasteiger partial charge in [-0.15, -0.1) is 0 Å². The molecular formula is C18H16N2. The van der Waals surface area contributed by atoms with Crippen LogP contribution in [0.1, 0.15) is 5.56 Å². The Morgan fingerprint density at radius 1 is 0.850 bits per heavy atom. The van der Waals surface area contributed by atoms with E-state index in [9.17, 15) is 0 Å². The van der Waals surface area contributed by atoms with Crippen molar-refractivity contribution in [2.24, 2.45) is 5.73 Å². The van der Waals surface area contributed by atoms with Gasteiger partial charge in [0.25, 0.3) is 0 Å². The molecule has 98 valence electrons. The van der Waals surface area contributed by atoms with Crippen LogP contribution in [0.5, 0.6) is 0 Å². The Balaban J connectivity index is 2.00. The molecule has 1 aliphatic rings. The van der Waals surface area contributed by atoms with Crippen LogP contribution in [0.3, 0.4) is 0 Å². The monoisotopic (exact) mass is 260 g/mol. The molecule has 0 spiro atoms. The maximum atomic E-state index is 6.25. The van der Waals surface area contributed by atoms with E-state index < -0.39 is 0 Å². The van der Waals surface area contributed by atoms with Crippen molar-refractivity contribution in [3.63, 3.8) is 0 Å². The van der Waals surface area contributed by atoms with Crippen LogP contribution in [-0.2, 0) is 0 Å². The molecule has 0 fully saturated rings. The van der Waals surface area contributed by atoms with Gasteiger partial charge in [-0.3, -0.25) is 0 Å². The van der Waals surface area contributed by atoms with Gasteiger partial charge in [0.2, 0.25) is 0 Å². The molecule has 0 saturated heterocycles. The number of nitrogens with one attached hydrogen (secondary N) is 1. The van der Waals surface area contributed by atoms with Gasteiger partial charge in [0, 0.05) is 11.8 Å². The summed E-state index contributed by atoms with van der Waals surface area (Å²) < 4.78 is 0. The number of dihydropyridines is 1. The van der Waals surface area contributed by atoms with E-state index in [1.165, 1.54) is 11.1 Å². The number of hydrogen-bond donors (Lipinski definition) is 2. The molecule has 2 aromatic rings. The second-order valence-electron chi connectivity index (χ2n) is 4.64. The lowest BCUT2D eigenvalue weighted by Gasteiger charge is -2.12. The third-order valence-electron chi connectivity index (χ3n) is 3.28. The lowest BCUT2D eigenvalue weighted by molar-refractivity contribution is 1.09. The Bertz CT molecular complexity index is 694. The molecular weight excluding hydrogens is 244 g/mol. The van der Waals surface area contributed by atoms with Crippen molar-refractivity contribution in [2.75, 3.05) is 0 Å². The van der Waals surface area contributed by atoms with Crippen molar-refractivity contribution < 1.29 is 0 Å². The highest BCUT2D eigenvalue weighted by atomic mass is 14.9. The van der Waals surface area contributed by atoms with E-state index in [0.29, 0.717) is 0 Å². The first-order valence-corrected chi connectivity index (χ1v) is 6.60. The summed E-state index contributed by atoms with van der Waals surface area (Å²) in [5.74, 6) is 0. The lowest BCUT2D eigenvalue weighted by atomic mass is 10.0.